The number of hydrogen-bond acceptors (Lipinski definition) is 3. The summed E-state index contributed by atoms with van der Waals surface area (Å²) in [6, 6.07) is 29.6. The smallest absolute Gasteiger partial charge is 0.130 e. The zero-order valence-corrected chi connectivity index (χ0v) is 15.5. The fraction of sp³-hybridized carbons (Fsp3) is 0.0400. The molecule has 4 rings (SSSR count). The molecule has 0 spiro atoms. The second-order valence-electron chi connectivity index (χ2n) is 5.99. The van der Waals surface area contributed by atoms with E-state index in [1.165, 1.54) is 5.39 Å². The third-order valence-corrected chi connectivity index (χ3v) is 4.15. The molecule has 1 heterocycles. The average molecular weight is 364 g/mol. The van der Waals surface area contributed by atoms with Crippen LogP contribution >= 0.6 is 0 Å². The van der Waals surface area contributed by atoms with E-state index in [9.17, 15) is 0 Å². The Morgan fingerprint density at radius 3 is 2.39 bits per heavy atom. The van der Waals surface area contributed by atoms with Gasteiger partial charge in [0.1, 0.15) is 12.4 Å². The number of benzene rings is 3. The normalized spacial score (nSPS) is 9.68. The first-order valence-corrected chi connectivity index (χ1v) is 8.94. The van der Waals surface area contributed by atoms with Crippen LogP contribution in [0.5, 0.6) is 5.75 Å². The molecule has 3 aromatic carbocycles. The van der Waals surface area contributed by atoms with Gasteiger partial charge in [-0.05, 0) is 35.2 Å². The van der Waals surface area contributed by atoms with E-state index >= 15 is 0 Å². The lowest BCUT2D eigenvalue weighted by Crippen LogP contribution is -1.97. The monoisotopic (exact) mass is 364 g/mol. The van der Waals surface area contributed by atoms with Crippen molar-refractivity contribution in [1.82, 2.24) is 4.98 Å². The Balaban J connectivity index is 0.000000192. The maximum absolute atomic E-state index is 8.55. The third-order valence-electron chi connectivity index (χ3n) is 4.15. The van der Waals surface area contributed by atoms with Gasteiger partial charge in [-0.25, -0.2) is 0 Å². The van der Waals surface area contributed by atoms with Gasteiger partial charge in [-0.1, -0.05) is 73.3 Å². The highest BCUT2D eigenvalue weighted by molar-refractivity contribution is 5.88. The molecule has 3 heteroatoms. The second-order valence-corrected chi connectivity index (χ2v) is 5.99. The summed E-state index contributed by atoms with van der Waals surface area (Å²) >= 11 is 0. The maximum atomic E-state index is 8.55. The summed E-state index contributed by atoms with van der Waals surface area (Å²) in [6.45, 7) is 4.08. The van der Waals surface area contributed by atoms with Crippen LogP contribution in [-0.2, 0) is 6.61 Å². The van der Waals surface area contributed by atoms with Gasteiger partial charge in [-0.15, -0.1) is 0 Å². The molecule has 0 radical (unpaired) electrons. The Bertz CT molecular complexity index is 1090. The predicted octanol–water partition coefficient (Wildman–Crippen LogP) is 6.02. The van der Waals surface area contributed by atoms with Crippen molar-refractivity contribution in [2.45, 2.75) is 6.61 Å². The summed E-state index contributed by atoms with van der Waals surface area (Å²) in [5, 5.41) is 10.9. The van der Waals surface area contributed by atoms with Gasteiger partial charge in [0.2, 0.25) is 0 Å². The highest BCUT2D eigenvalue weighted by Gasteiger charge is 2.01. The minimum Gasteiger partial charge on any atom is -0.487 e. The van der Waals surface area contributed by atoms with Crippen LogP contribution in [0.25, 0.3) is 16.8 Å². The van der Waals surface area contributed by atoms with Crippen LogP contribution in [0.1, 0.15) is 16.8 Å². The number of rotatable bonds is 4. The lowest BCUT2D eigenvalue weighted by atomic mass is 10.1. The van der Waals surface area contributed by atoms with Crippen molar-refractivity contribution in [2.75, 3.05) is 0 Å². The van der Waals surface area contributed by atoms with Gasteiger partial charge >= 0.3 is 0 Å². The van der Waals surface area contributed by atoms with E-state index in [0.29, 0.717) is 12.2 Å². The first-order chi connectivity index (χ1) is 13.8. The van der Waals surface area contributed by atoms with Crippen LogP contribution < -0.4 is 4.74 Å². The highest BCUT2D eigenvalue weighted by atomic mass is 16.5. The van der Waals surface area contributed by atoms with Gasteiger partial charge in [0.15, 0.2) is 0 Å². The van der Waals surface area contributed by atoms with Crippen molar-refractivity contribution in [3.63, 3.8) is 0 Å². The van der Waals surface area contributed by atoms with Crippen molar-refractivity contribution >= 4 is 16.8 Å². The van der Waals surface area contributed by atoms with E-state index in [0.717, 1.165) is 22.4 Å². The van der Waals surface area contributed by atoms with Crippen LogP contribution in [0.2, 0.25) is 0 Å². The van der Waals surface area contributed by atoms with E-state index in [4.69, 9.17) is 10.00 Å². The number of fused-ring (bicyclic) bond motifs is 1. The molecule has 1 aromatic heterocycles. The molecular formula is C25H20N2O. The quantitative estimate of drug-likeness (QED) is 0.445. The maximum Gasteiger partial charge on any atom is 0.130 e. The molecule has 4 aromatic rings. The number of hydrogen-bond donors (Lipinski definition) is 0. The number of pyridine rings is 1. The van der Waals surface area contributed by atoms with Crippen LogP contribution in [-0.4, -0.2) is 4.98 Å². The fourth-order valence-electron chi connectivity index (χ4n) is 2.73. The molecule has 0 unspecified atom stereocenters. The Morgan fingerprint density at radius 1 is 0.893 bits per heavy atom. The molecule has 0 bridgehead atoms. The number of nitriles is 1. The zero-order chi connectivity index (χ0) is 19.6. The van der Waals surface area contributed by atoms with E-state index < -0.39 is 0 Å². The molecule has 3 nitrogen and oxygen atoms in total. The van der Waals surface area contributed by atoms with E-state index in [1.54, 1.807) is 18.3 Å². The van der Waals surface area contributed by atoms with Crippen molar-refractivity contribution < 1.29 is 4.74 Å². The van der Waals surface area contributed by atoms with E-state index in [-0.39, 0.29) is 0 Å². The first kappa shape index (κ1) is 18.9. The standard InChI is InChI=1S/C16H13NO.C9H7N/c1-2-9-15-13(6-1)7-5-10-16(15)18-12-14-8-3-4-11-17-14;1-2-8-5-3-4-6-9(8)7-10/h1-11H,12H2;2-6H,1H2. The lowest BCUT2D eigenvalue weighted by Gasteiger charge is -2.08. The Morgan fingerprint density at radius 2 is 1.64 bits per heavy atom. The number of ether oxygens (including phenoxy) is 1. The molecule has 0 saturated heterocycles. The molecule has 0 aliphatic carbocycles. The summed E-state index contributed by atoms with van der Waals surface area (Å²) in [5.41, 5.74) is 2.51. The topological polar surface area (TPSA) is 45.9 Å². The van der Waals surface area contributed by atoms with Crippen LogP contribution in [0.15, 0.2) is 97.7 Å². The van der Waals surface area contributed by atoms with Gasteiger partial charge in [0, 0.05) is 11.6 Å². The number of nitrogens with zero attached hydrogens (tertiary/aromatic N) is 2. The molecule has 0 atom stereocenters. The molecule has 136 valence electrons. The Labute approximate surface area is 165 Å². The summed E-state index contributed by atoms with van der Waals surface area (Å²) in [5.74, 6) is 0.902. The lowest BCUT2D eigenvalue weighted by molar-refractivity contribution is 0.305. The van der Waals surface area contributed by atoms with Crippen molar-refractivity contribution in [2.24, 2.45) is 0 Å². The molecule has 28 heavy (non-hydrogen) atoms. The van der Waals surface area contributed by atoms with E-state index in [2.05, 4.69) is 35.8 Å². The molecule has 0 aliphatic rings. The zero-order valence-electron chi connectivity index (χ0n) is 15.5. The molecule has 0 amide bonds. The van der Waals surface area contributed by atoms with Gasteiger partial charge < -0.3 is 4.74 Å². The third kappa shape index (κ3) is 4.84. The summed E-state index contributed by atoms with van der Waals surface area (Å²) in [4.78, 5) is 4.25. The molecular weight excluding hydrogens is 344 g/mol. The van der Waals surface area contributed by atoms with Crippen LogP contribution in [0.3, 0.4) is 0 Å². The first-order valence-electron chi connectivity index (χ1n) is 8.94. The van der Waals surface area contributed by atoms with Gasteiger partial charge in [0.25, 0.3) is 0 Å². The summed E-state index contributed by atoms with van der Waals surface area (Å²) in [6.07, 6.45) is 3.46. The minimum atomic E-state index is 0.495. The summed E-state index contributed by atoms with van der Waals surface area (Å²) in [7, 11) is 0. The molecule has 0 N–H and O–H groups in total. The van der Waals surface area contributed by atoms with Gasteiger partial charge in [-0.3, -0.25) is 4.98 Å². The predicted molar refractivity (Wildman–Crippen MR) is 114 cm³/mol. The van der Waals surface area contributed by atoms with Gasteiger partial charge in [-0.2, -0.15) is 5.26 Å². The molecule has 0 fully saturated rings. The number of aromatic nitrogens is 1. The molecule has 0 saturated carbocycles. The summed E-state index contributed by atoms with van der Waals surface area (Å²) < 4.78 is 5.84. The van der Waals surface area contributed by atoms with Crippen molar-refractivity contribution in [3.8, 4) is 11.8 Å². The fourth-order valence-corrected chi connectivity index (χ4v) is 2.73. The van der Waals surface area contributed by atoms with Gasteiger partial charge in [0.05, 0.1) is 17.3 Å². The van der Waals surface area contributed by atoms with Crippen LogP contribution in [0.4, 0.5) is 0 Å². The minimum absolute atomic E-state index is 0.495. The highest BCUT2D eigenvalue weighted by Crippen LogP contribution is 2.25. The Kier molecular flexibility index (Phi) is 6.54. The van der Waals surface area contributed by atoms with Crippen molar-refractivity contribution in [3.05, 3.63) is 115 Å². The van der Waals surface area contributed by atoms with Crippen LogP contribution in [0, 0.1) is 11.3 Å². The molecule has 0 aliphatic heterocycles. The SMILES string of the molecule is C=Cc1ccccc1C#N.c1ccc(COc2cccc3ccccc23)nc1. The largest absolute Gasteiger partial charge is 0.487 e. The van der Waals surface area contributed by atoms with Crippen molar-refractivity contribution in [1.29, 1.82) is 5.26 Å². The Hall–Kier alpha value is -3.90. The average Bonchev–Trinajstić information content (AvgIpc) is 2.78. The van der Waals surface area contributed by atoms with E-state index in [1.807, 2.05) is 60.7 Å². The second kappa shape index (κ2) is 9.70.